The van der Waals surface area contributed by atoms with Gasteiger partial charge in [0.2, 0.25) is 0 Å². The maximum absolute atomic E-state index is 12.8. The van der Waals surface area contributed by atoms with Crippen molar-refractivity contribution in [2.24, 2.45) is 11.3 Å². The van der Waals surface area contributed by atoms with Crippen LogP contribution in [0.15, 0.2) is 42.5 Å². The van der Waals surface area contributed by atoms with Gasteiger partial charge in [0.1, 0.15) is 17.6 Å². The third kappa shape index (κ3) is 3.70. The van der Waals surface area contributed by atoms with Crippen LogP contribution in [0.2, 0.25) is 0 Å². The topological polar surface area (TPSA) is 55.8 Å². The predicted molar refractivity (Wildman–Crippen MR) is 93.7 cm³/mol. The first-order chi connectivity index (χ1) is 11.8. The lowest BCUT2D eigenvalue weighted by Gasteiger charge is -2.29. The molecule has 0 bridgehead atoms. The van der Waals surface area contributed by atoms with Crippen LogP contribution in [0.4, 0.5) is 4.79 Å². The SMILES string of the molecule is CC(C)(C)OC(=O)[C@@]12C=CC[C@@H]1CN(C(=O)OCc1ccccc1)C2. The van der Waals surface area contributed by atoms with Crippen LogP contribution in [0.5, 0.6) is 0 Å². The quantitative estimate of drug-likeness (QED) is 0.622. The molecule has 0 unspecified atom stereocenters. The van der Waals surface area contributed by atoms with E-state index in [1.807, 2.05) is 63.3 Å². The van der Waals surface area contributed by atoms with E-state index in [4.69, 9.17) is 9.47 Å². The minimum atomic E-state index is -0.737. The van der Waals surface area contributed by atoms with Gasteiger partial charge < -0.3 is 14.4 Å². The normalized spacial score (nSPS) is 24.9. The number of ether oxygens (including phenoxy) is 2. The van der Waals surface area contributed by atoms with E-state index in [-0.39, 0.29) is 24.6 Å². The average Bonchev–Trinajstić information content (AvgIpc) is 3.10. The van der Waals surface area contributed by atoms with Crippen molar-refractivity contribution in [3.8, 4) is 0 Å². The molecule has 1 heterocycles. The molecule has 0 aromatic heterocycles. The van der Waals surface area contributed by atoms with Gasteiger partial charge in [0, 0.05) is 19.0 Å². The van der Waals surface area contributed by atoms with Crippen molar-refractivity contribution in [1.29, 1.82) is 0 Å². The fourth-order valence-corrected chi connectivity index (χ4v) is 3.48. The van der Waals surface area contributed by atoms with Crippen LogP contribution in [0, 0.1) is 11.3 Å². The first kappa shape index (κ1) is 17.5. The Balaban J connectivity index is 1.65. The minimum absolute atomic E-state index is 0.0617. The summed E-state index contributed by atoms with van der Waals surface area (Å²) in [5, 5.41) is 0. The zero-order valence-electron chi connectivity index (χ0n) is 15.0. The highest BCUT2D eigenvalue weighted by Gasteiger charge is 2.55. The van der Waals surface area contributed by atoms with Crippen molar-refractivity contribution in [3.63, 3.8) is 0 Å². The van der Waals surface area contributed by atoms with E-state index in [1.165, 1.54) is 0 Å². The number of rotatable bonds is 3. The number of amides is 1. The number of allylic oxidation sites excluding steroid dienone is 1. The highest BCUT2D eigenvalue weighted by molar-refractivity contribution is 5.83. The molecule has 5 nitrogen and oxygen atoms in total. The van der Waals surface area contributed by atoms with Crippen LogP contribution in [-0.4, -0.2) is 35.7 Å². The number of carbonyl (C=O) groups is 2. The number of carbonyl (C=O) groups excluding carboxylic acids is 2. The van der Waals surface area contributed by atoms with Crippen LogP contribution in [0.25, 0.3) is 0 Å². The molecule has 1 aliphatic heterocycles. The van der Waals surface area contributed by atoms with Crippen molar-refractivity contribution < 1.29 is 19.1 Å². The second kappa shape index (κ2) is 6.54. The molecular formula is C20H25NO4. The molecule has 134 valence electrons. The molecule has 5 heteroatoms. The van der Waals surface area contributed by atoms with Gasteiger partial charge in [-0.3, -0.25) is 4.79 Å². The number of nitrogens with zero attached hydrogens (tertiary/aromatic N) is 1. The highest BCUT2D eigenvalue weighted by atomic mass is 16.6. The molecule has 0 N–H and O–H groups in total. The van der Waals surface area contributed by atoms with Crippen molar-refractivity contribution in [2.75, 3.05) is 13.1 Å². The highest BCUT2D eigenvalue weighted by Crippen LogP contribution is 2.46. The Morgan fingerprint density at radius 3 is 2.64 bits per heavy atom. The van der Waals surface area contributed by atoms with Crippen LogP contribution >= 0.6 is 0 Å². The molecule has 1 saturated heterocycles. The number of hydrogen-bond donors (Lipinski definition) is 0. The van der Waals surface area contributed by atoms with Crippen LogP contribution < -0.4 is 0 Å². The Labute approximate surface area is 148 Å². The molecule has 1 fully saturated rings. The third-order valence-electron chi connectivity index (χ3n) is 4.70. The van der Waals surface area contributed by atoms with Gasteiger partial charge in [0.15, 0.2) is 0 Å². The molecule has 2 atom stereocenters. The van der Waals surface area contributed by atoms with Crippen molar-refractivity contribution in [1.82, 2.24) is 4.90 Å². The third-order valence-corrected chi connectivity index (χ3v) is 4.70. The summed E-state index contributed by atoms with van der Waals surface area (Å²) in [4.78, 5) is 26.8. The van der Waals surface area contributed by atoms with Crippen LogP contribution in [-0.2, 0) is 20.9 Å². The Bertz CT molecular complexity index is 677. The van der Waals surface area contributed by atoms with E-state index in [0.29, 0.717) is 13.1 Å². The molecule has 0 saturated carbocycles. The van der Waals surface area contributed by atoms with Gasteiger partial charge in [-0.25, -0.2) is 4.79 Å². The van der Waals surface area contributed by atoms with Crippen molar-refractivity contribution >= 4 is 12.1 Å². The Hall–Kier alpha value is -2.30. The number of hydrogen-bond acceptors (Lipinski definition) is 4. The number of esters is 1. The fourth-order valence-electron chi connectivity index (χ4n) is 3.48. The summed E-state index contributed by atoms with van der Waals surface area (Å²) in [5.74, 6) is -0.191. The van der Waals surface area contributed by atoms with Gasteiger partial charge in [0.25, 0.3) is 0 Å². The summed E-state index contributed by atoms with van der Waals surface area (Å²) in [7, 11) is 0. The maximum atomic E-state index is 12.8. The number of fused-ring (bicyclic) bond motifs is 1. The molecule has 1 amide bonds. The second-order valence-corrected chi connectivity index (χ2v) is 7.80. The summed E-state index contributed by atoms with van der Waals surface area (Å²) in [5.41, 5.74) is -0.343. The number of benzene rings is 1. The van der Waals surface area contributed by atoms with Gasteiger partial charge in [0.05, 0.1) is 0 Å². The van der Waals surface area contributed by atoms with E-state index in [9.17, 15) is 9.59 Å². The van der Waals surface area contributed by atoms with E-state index < -0.39 is 11.0 Å². The summed E-state index contributed by atoms with van der Waals surface area (Å²) in [6.45, 7) is 6.63. The molecule has 1 aromatic carbocycles. The summed E-state index contributed by atoms with van der Waals surface area (Å²) in [6, 6.07) is 9.56. The van der Waals surface area contributed by atoms with Gasteiger partial charge in [-0.05, 0) is 32.8 Å². The molecule has 0 spiro atoms. The molecule has 2 aliphatic rings. The summed E-state index contributed by atoms with van der Waals surface area (Å²) in [6.07, 6.45) is 4.33. The maximum Gasteiger partial charge on any atom is 0.410 e. The van der Waals surface area contributed by atoms with E-state index in [2.05, 4.69) is 0 Å². The largest absolute Gasteiger partial charge is 0.459 e. The summed E-state index contributed by atoms with van der Waals surface area (Å²) < 4.78 is 11.0. The minimum Gasteiger partial charge on any atom is -0.459 e. The van der Waals surface area contributed by atoms with Gasteiger partial charge in [-0.2, -0.15) is 0 Å². The average molecular weight is 343 g/mol. The molecule has 1 aliphatic carbocycles. The molecule has 25 heavy (non-hydrogen) atoms. The van der Waals surface area contributed by atoms with Gasteiger partial charge in [-0.15, -0.1) is 0 Å². The van der Waals surface area contributed by atoms with E-state index in [0.717, 1.165) is 12.0 Å². The summed E-state index contributed by atoms with van der Waals surface area (Å²) >= 11 is 0. The first-order valence-corrected chi connectivity index (χ1v) is 8.67. The van der Waals surface area contributed by atoms with Crippen molar-refractivity contribution in [3.05, 3.63) is 48.0 Å². The second-order valence-electron chi connectivity index (χ2n) is 7.80. The van der Waals surface area contributed by atoms with Crippen LogP contribution in [0.3, 0.4) is 0 Å². The molecule has 1 aromatic rings. The van der Waals surface area contributed by atoms with E-state index in [1.54, 1.807) is 4.90 Å². The Morgan fingerprint density at radius 2 is 1.96 bits per heavy atom. The number of likely N-dealkylation sites (tertiary alicyclic amines) is 1. The predicted octanol–water partition coefficient (Wildman–Crippen LogP) is 3.54. The van der Waals surface area contributed by atoms with Gasteiger partial charge in [-0.1, -0.05) is 42.5 Å². The lowest BCUT2D eigenvalue weighted by Crippen LogP contribution is -2.41. The molecule has 0 radical (unpaired) electrons. The monoisotopic (exact) mass is 343 g/mol. The lowest BCUT2D eigenvalue weighted by atomic mass is 9.81. The van der Waals surface area contributed by atoms with Gasteiger partial charge >= 0.3 is 12.1 Å². The Morgan fingerprint density at radius 1 is 1.24 bits per heavy atom. The fraction of sp³-hybridized carbons (Fsp3) is 0.500. The smallest absolute Gasteiger partial charge is 0.410 e. The van der Waals surface area contributed by atoms with Crippen molar-refractivity contribution in [2.45, 2.75) is 39.4 Å². The first-order valence-electron chi connectivity index (χ1n) is 8.67. The lowest BCUT2D eigenvalue weighted by molar-refractivity contribution is -0.165. The van der Waals surface area contributed by atoms with E-state index >= 15 is 0 Å². The molecule has 3 rings (SSSR count). The zero-order valence-corrected chi connectivity index (χ0v) is 15.0. The van der Waals surface area contributed by atoms with Crippen LogP contribution in [0.1, 0.15) is 32.8 Å². The Kier molecular flexibility index (Phi) is 4.58. The molecular weight excluding hydrogens is 318 g/mol. The zero-order chi connectivity index (χ0) is 18.1. The standard InChI is InChI=1S/C20H25NO4/c1-19(2,3)25-17(22)20-11-7-10-16(20)12-21(14-20)18(23)24-13-15-8-5-4-6-9-15/h4-9,11,16H,10,12-14H2,1-3H3/t16-,20-/m1/s1.